The third-order valence-corrected chi connectivity index (χ3v) is 3.98. The van der Waals surface area contributed by atoms with Crippen LogP contribution in [-0.4, -0.2) is 13.1 Å². The lowest BCUT2D eigenvalue weighted by atomic mass is 9.93. The summed E-state index contributed by atoms with van der Waals surface area (Å²) in [5.74, 6) is 0.810. The fourth-order valence-electron chi connectivity index (χ4n) is 2.82. The first kappa shape index (κ1) is 13.9. The van der Waals surface area contributed by atoms with Crippen LogP contribution in [0.25, 0.3) is 0 Å². The summed E-state index contributed by atoms with van der Waals surface area (Å²) >= 11 is 0. The lowest BCUT2D eigenvalue weighted by Gasteiger charge is -2.22. The van der Waals surface area contributed by atoms with Gasteiger partial charge in [0.1, 0.15) is 5.76 Å². The highest BCUT2D eigenvalue weighted by Gasteiger charge is 2.21. The summed E-state index contributed by atoms with van der Waals surface area (Å²) in [5.41, 5.74) is 3.02. The average Bonchev–Trinajstić information content (AvgIpc) is 3.02. The van der Waals surface area contributed by atoms with E-state index in [0.717, 1.165) is 37.1 Å². The van der Waals surface area contributed by atoms with Crippen LogP contribution in [0.2, 0.25) is 0 Å². The number of furan rings is 1. The van der Waals surface area contributed by atoms with Crippen molar-refractivity contribution in [3.63, 3.8) is 0 Å². The topological polar surface area (TPSA) is 51.5 Å². The Morgan fingerprint density at radius 1 is 1.33 bits per heavy atom. The van der Waals surface area contributed by atoms with Crippen molar-refractivity contribution in [3.8, 4) is 0 Å². The second-order valence-corrected chi connectivity index (χ2v) is 5.31. The minimum Gasteiger partial charge on any atom is -0.469 e. The fourth-order valence-corrected chi connectivity index (χ4v) is 2.82. The molecule has 0 saturated heterocycles. The molecule has 21 heavy (non-hydrogen) atoms. The van der Waals surface area contributed by atoms with E-state index in [1.807, 2.05) is 12.1 Å². The largest absolute Gasteiger partial charge is 0.469 e. The zero-order valence-electron chi connectivity index (χ0n) is 12.1. The molecule has 2 aromatic rings. The van der Waals surface area contributed by atoms with E-state index in [-0.39, 0.29) is 5.97 Å². The third-order valence-electron chi connectivity index (χ3n) is 3.98. The Morgan fingerprint density at radius 2 is 2.14 bits per heavy atom. The first-order valence-electron chi connectivity index (χ1n) is 7.25. The summed E-state index contributed by atoms with van der Waals surface area (Å²) in [6, 6.07) is 9.93. The van der Waals surface area contributed by atoms with Crippen molar-refractivity contribution in [2.45, 2.75) is 31.8 Å². The first-order valence-corrected chi connectivity index (χ1v) is 7.25. The zero-order valence-corrected chi connectivity index (χ0v) is 12.1. The molecule has 110 valence electrons. The number of carbonyl (C=O) groups is 1. The van der Waals surface area contributed by atoms with Crippen LogP contribution < -0.4 is 5.32 Å². The van der Waals surface area contributed by atoms with Crippen LogP contribution in [0.15, 0.2) is 41.0 Å². The van der Waals surface area contributed by atoms with Crippen LogP contribution >= 0.6 is 0 Å². The monoisotopic (exact) mass is 285 g/mol. The summed E-state index contributed by atoms with van der Waals surface area (Å²) < 4.78 is 10.2. The number of methoxy groups -OCH3 is 1. The van der Waals surface area contributed by atoms with Crippen LogP contribution in [0.3, 0.4) is 0 Å². The highest BCUT2D eigenvalue weighted by molar-refractivity contribution is 5.89. The molecule has 0 spiro atoms. The van der Waals surface area contributed by atoms with Gasteiger partial charge in [-0.3, -0.25) is 0 Å². The van der Waals surface area contributed by atoms with Crippen molar-refractivity contribution in [2.75, 3.05) is 7.11 Å². The van der Waals surface area contributed by atoms with Crippen molar-refractivity contribution in [1.29, 1.82) is 0 Å². The SMILES string of the molecule is COC(=O)c1ccc(CNC2CCCc3occc32)cc1. The van der Waals surface area contributed by atoms with Crippen molar-refractivity contribution < 1.29 is 13.9 Å². The van der Waals surface area contributed by atoms with Crippen molar-refractivity contribution >= 4 is 5.97 Å². The molecule has 1 aromatic heterocycles. The van der Waals surface area contributed by atoms with Crippen LogP contribution in [0.1, 0.15) is 46.1 Å². The molecule has 3 rings (SSSR count). The Labute approximate surface area is 124 Å². The van der Waals surface area contributed by atoms with E-state index in [0.29, 0.717) is 11.6 Å². The molecule has 0 fully saturated rings. The van der Waals surface area contributed by atoms with Crippen LogP contribution in [0.5, 0.6) is 0 Å². The maximum Gasteiger partial charge on any atom is 0.337 e. The molecule has 1 heterocycles. The number of fused-ring (bicyclic) bond motifs is 1. The summed E-state index contributed by atoms with van der Waals surface area (Å²) in [4.78, 5) is 11.4. The maximum atomic E-state index is 11.4. The smallest absolute Gasteiger partial charge is 0.337 e. The van der Waals surface area contributed by atoms with Gasteiger partial charge in [0, 0.05) is 24.6 Å². The average molecular weight is 285 g/mol. The van der Waals surface area contributed by atoms with Crippen LogP contribution in [-0.2, 0) is 17.7 Å². The third kappa shape index (κ3) is 3.00. The van der Waals surface area contributed by atoms with Gasteiger partial charge in [0.05, 0.1) is 18.9 Å². The van der Waals surface area contributed by atoms with Gasteiger partial charge < -0.3 is 14.5 Å². The van der Waals surface area contributed by atoms with E-state index >= 15 is 0 Å². The first-order chi connectivity index (χ1) is 10.3. The second-order valence-electron chi connectivity index (χ2n) is 5.31. The number of nitrogens with one attached hydrogen (secondary N) is 1. The number of esters is 1. The number of rotatable bonds is 4. The predicted molar refractivity (Wildman–Crippen MR) is 79.0 cm³/mol. The highest BCUT2D eigenvalue weighted by Crippen LogP contribution is 2.30. The molecule has 1 aliphatic carbocycles. The van der Waals surface area contributed by atoms with Gasteiger partial charge in [-0.15, -0.1) is 0 Å². The van der Waals surface area contributed by atoms with E-state index in [2.05, 4.69) is 11.4 Å². The van der Waals surface area contributed by atoms with Gasteiger partial charge in [-0.25, -0.2) is 4.79 Å². The van der Waals surface area contributed by atoms with Gasteiger partial charge >= 0.3 is 5.97 Å². The molecular weight excluding hydrogens is 266 g/mol. The Balaban J connectivity index is 1.62. The minimum atomic E-state index is -0.301. The lowest BCUT2D eigenvalue weighted by molar-refractivity contribution is 0.0600. The molecule has 1 aliphatic rings. The number of carbonyl (C=O) groups excluding carboxylic acids is 1. The molecule has 0 bridgehead atoms. The number of hydrogen-bond acceptors (Lipinski definition) is 4. The summed E-state index contributed by atoms with van der Waals surface area (Å²) in [5, 5.41) is 3.57. The van der Waals surface area contributed by atoms with E-state index in [1.54, 1.807) is 18.4 Å². The molecule has 0 saturated carbocycles. The Bertz CT molecular complexity index is 615. The molecule has 0 amide bonds. The highest BCUT2D eigenvalue weighted by atomic mass is 16.5. The molecule has 1 atom stereocenters. The fraction of sp³-hybridized carbons (Fsp3) is 0.353. The van der Waals surface area contributed by atoms with Crippen LogP contribution in [0.4, 0.5) is 0 Å². The van der Waals surface area contributed by atoms with E-state index in [4.69, 9.17) is 9.15 Å². The van der Waals surface area contributed by atoms with Gasteiger partial charge in [0.2, 0.25) is 0 Å². The van der Waals surface area contributed by atoms with Crippen molar-refractivity contribution in [3.05, 3.63) is 59.0 Å². The number of benzene rings is 1. The van der Waals surface area contributed by atoms with Gasteiger partial charge in [-0.2, -0.15) is 0 Å². The van der Waals surface area contributed by atoms with Gasteiger partial charge in [-0.05, 0) is 36.6 Å². The van der Waals surface area contributed by atoms with Crippen LogP contribution in [0, 0.1) is 0 Å². The van der Waals surface area contributed by atoms with E-state index in [9.17, 15) is 4.79 Å². The predicted octanol–water partition coefficient (Wildman–Crippen LogP) is 3.23. The molecule has 1 unspecified atom stereocenters. The number of ether oxygens (including phenoxy) is 1. The second kappa shape index (κ2) is 6.14. The molecule has 1 aromatic carbocycles. The molecular formula is C17H19NO3. The normalized spacial score (nSPS) is 17.3. The van der Waals surface area contributed by atoms with E-state index in [1.165, 1.54) is 12.7 Å². The standard InChI is InChI=1S/C17H19NO3/c1-20-17(19)13-7-5-12(6-8-13)11-18-15-3-2-4-16-14(15)9-10-21-16/h5-10,15,18H,2-4,11H2,1H3. The maximum absolute atomic E-state index is 11.4. The van der Waals surface area contributed by atoms with E-state index < -0.39 is 0 Å². The molecule has 1 N–H and O–H groups in total. The zero-order chi connectivity index (χ0) is 14.7. The number of aryl methyl sites for hydroxylation is 1. The summed E-state index contributed by atoms with van der Waals surface area (Å²) in [6.45, 7) is 0.775. The van der Waals surface area contributed by atoms with Gasteiger partial charge in [-0.1, -0.05) is 12.1 Å². The number of hydrogen-bond donors (Lipinski definition) is 1. The molecule has 4 heteroatoms. The molecule has 0 aliphatic heterocycles. The Hall–Kier alpha value is -2.07. The minimum absolute atomic E-state index is 0.301. The van der Waals surface area contributed by atoms with Crippen molar-refractivity contribution in [2.24, 2.45) is 0 Å². The summed E-state index contributed by atoms with van der Waals surface area (Å²) in [7, 11) is 1.39. The Kier molecular flexibility index (Phi) is 4.06. The summed E-state index contributed by atoms with van der Waals surface area (Å²) in [6.07, 6.45) is 5.09. The molecule has 4 nitrogen and oxygen atoms in total. The van der Waals surface area contributed by atoms with Gasteiger partial charge in [0.25, 0.3) is 0 Å². The quantitative estimate of drug-likeness (QED) is 0.876. The lowest BCUT2D eigenvalue weighted by Crippen LogP contribution is -2.24. The van der Waals surface area contributed by atoms with Gasteiger partial charge in [0.15, 0.2) is 0 Å². The Morgan fingerprint density at radius 3 is 2.90 bits per heavy atom. The molecule has 0 radical (unpaired) electrons. The van der Waals surface area contributed by atoms with Crippen molar-refractivity contribution in [1.82, 2.24) is 5.32 Å².